The van der Waals surface area contributed by atoms with Crippen LogP contribution in [0.25, 0.3) is 0 Å². The van der Waals surface area contributed by atoms with Gasteiger partial charge in [0.25, 0.3) is 5.91 Å². The van der Waals surface area contributed by atoms with Gasteiger partial charge >= 0.3 is 0 Å². The summed E-state index contributed by atoms with van der Waals surface area (Å²) in [6, 6.07) is 4.48. The minimum atomic E-state index is -0.526. The molecular formula is C14H17BrFN3O2. The Bertz CT molecular complexity index is 525. The molecule has 0 aromatic heterocycles. The highest BCUT2D eigenvalue weighted by Gasteiger charge is 2.26. The Labute approximate surface area is 131 Å². The third-order valence-corrected chi connectivity index (χ3v) is 4.14. The molecule has 1 heterocycles. The first-order chi connectivity index (χ1) is 10.0. The van der Waals surface area contributed by atoms with Crippen molar-refractivity contribution < 1.29 is 14.0 Å². The summed E-state index contributed by atoms with van der Waals surface area (Å²) >= 11 is 3.22. The topological polar surface area (TPSA) is 52.7 Å². The molecule has 1 saturated heterocycles. The van der Waals surface area contributed by atoms with Gasteiger partial charge in [0.1, 0.15) is 5.82 Å². The number of carbonyl (C=O) groups is 2. The van der Waals surface area contributed by atoms with E-state index >= 15 is 0 Å². The number of benzene rings is 1. The Kier molecular flexibility index (Phi) is 5.30. The largest absolute Gasteiger partial charge is 0.358 e. The van der Waals surface area contributed by atoms with E-state index in [1.807, 2.05) is 4.90 Å². The van der Waals surface area contributed by atoms with E-state index in [1.54, 1.807) is 24.1 Å². The molecule has 0 saturated carbocycles. The fourth-order valence-electron chi connectivity index (χ4n) is 2.25. The zero-order valence-corrected chi connectivity index (χ0v) is 13.3. The van der Waals surface area contributed by atoms with E-state index in [4.69, 9.17) is 0 Å². The fourth-order valence-corrected chi connectivity index (χ4v) is 2.76. The van der Waals surface area contributed by atoms with Crippen LogP contribution in [0.3, 0.4) is 0 Å². The predicted octanol–water partition coefficient (Wildman–Crippen LogP) is 1.09. The SMILES string of the molecule is CNC(=O)CN1CCN(C(=O)c2c(F)cccc2Br)CC1. The van der Waals surface area contributed by atoms with Gasteiger partial charge in [-0.15, -0.1) is 0 Å². The Morgan fingerprint density at radius 2 is 1.95 bits per heavy atom. The van der Waals surface area contributed by atoms with Crippen molar-refractivity contribution in [3.63, 3.8) is 0 Å². The molecule has 114 valence electrons. The third-order valence-electron chi connectivity index (χ3n) is 3.48. The summed E-state index contributed by atoms with van der Waals surface area (Å²) in [6.45, 7) is 2.49. The summed E-state index contributed by atoms with van der Waals surface area (Å²) in [7, 11) is 1.60. The van der Waals surface area contributed by atoms with E-state index in [-0.39, 0.29) is 17.4 Å². The van der Waals surface area contributed by atoms with Crippen molar-refractivity contribution in [1.29, 1.82) is 0 Å². The Balaban J connectivity index is 1.99. The van der Waals surface area contributed by atoms with Crippen LogP contribution in [0, 0.1) is 5.82 Å². The van der Waals surface area contributed by atoms with Gasteiger partial charge in [0, 0.05) is 37.7 Å². The van der Waals surface area contributed by atoms with Gasteiger partial charge in [-0.3, -0.25) is 14.5 Å². The van der Waals surface area contributed by atoms with Gasteiger partial charge in [0.05, 0.1) is 12.1 Å². The predicted molar refractivity (Wildman–Crippen MR) is 80.5 cm³/mol. The number of amides is 2. The maximum absolute atomic E-state index is 13.8. The van der Waals surface area contributed by atoms with Crippen LogP contribution in [0.1, 0.15) is 10.4 Å². The van der Waals surface area contributed by atoms with Crippen LogP contribution in [0.4, 0.5) is 4.39 Å². The van der Waals surface area contributed by atoms with Gasteiger partial charge in [-0.05, 0) is 28.1 Å². The van der Waals surface area contributed by atoms with E-state index < -0.39 is 5.82 Å². The molecule has 5 nitrogen and oxygen atoms in total. The van der Waals surface area contributed by atoms with Gasteiger partial charge in [-0.1, -0.05) is 6.07 Å². The molecule has 2 amide bonds. The zero-order chi connectivity index (χ0) is 15.4. The lowest BCUT2D eigenvalue weighted by Crippen LogP contribution is -2.51. The van der Waals surface area contributed by atoms with Gasteiger partial charge in [-0.25, -0.2) is 4.39 Å². The van der Waals surface area contributed by atoms with Crippen LogP contribution in [-0.4, -0.2) is 61.4 Å². The van der Waals surface area contributed by atoms with Gasteiger partial charge in [0.15, 0.2) is 0 Å². The number of halogens is 2. The molecule has 1 N–H and O–H groups in total. The van der Waals surface area contributed by atoms with Crippen LogP contribution in [-0.2, 0) is 4.79 Å². The van der Waals surface area contributed by atoms with Crippen LogP contribution in [0.15, 0.2) is 22.7 Å². The lowest BCUT2D eigenvalue weighted by molar-refractivity contribution is -0.122. The fraction of sp³-hybridized carbons (Fsp3) is 0.429. The number of hydrogen-bond donors (Lipinski definition) is 1. The summed E-state index contributed by atoms with van der Waals surface area (Å²) in [4.78, 5) is 27.3. The molecule has 0 aliphatic carbocycles. The van der Waals surface area contributed by atoms with E-state index in [0.717, 1.165) is 0 Å². The van der Waals surface area contributed by atoms with Gasteiger partial charge in [-0.2, -0.15) is 0 Å². The second kappa shape index (κ2) is 7.00. The molecule has 0 atom stereocenters. The number of nitrogens with one attached hydrogen (secondary N) is 1. The van der Waals surface area contributed by atoms with Crippen molar-refractivity contribution in [2.75, 3.05) is 39.8 Å². The number of likely N-dealkylation sites (N-methyl/N-ethyl adjacent to an activating group) is 1. The summed E-state index contributed by atoms with van der Waals surface area (Å²) < 4.78 is 14.3. The third kappa shape index (κ3) is 3.79. The number of piperazine rings is 1. The minimum Gasteiger partial charge on any atom is -0.358 e. The smallest absolute Gasteiger partial charge is 0.258 e. The van der Waals surface area contributed by atoms with E-state index in [9.17, 15) is 14.0 Å². The molecule has 21 heavy (non-hydrogen) atoms. The molecule has 0 unspecified atom stereocenters. The normalized spacial score (nSPS) is 15.9. The molecule has 7 heteroatoms. The van der Waals surface area contributed by atoms with Crippen LogP contribution < -0.4 is 5.32 Å². The summed E-state index contributed by atoms with van der Waals surface area (Å²) in [5.74, 6) is -0.895. The highest BCUT2D eigenvalue weighted by molar-refractivity contribution is 9.10. The summed E-state index contributed by atoms with van der Waals surface area (Å²) in [5, 5.41) is 2.57. The van der Waals surface area contributed by atoms with Gasteiger partial charge < -0.3 is 10.2 Å². The Morgan fingerprint density at radius 3 is 2.52 bits per heavy atom. The van der Waals surface area contributed by atoms with Crippen molar-refractivity contribution in [3.05, 3.63) is 34.1 Å². The number of hydrogen-bond acceptors (Lipinski definition) is 3. The quantitative estimate of drug-likeness (QED) is 0.880. The van der Waals surface area contributed by atoms with Crippen LogP contribution in [0.5, 0.6) is 0 Å². The Morgan fingerprint density at radius 1 is 1.29 bits per heavy atom. The average molecular weight is 358 g/mol. The lowest BCUT2D eigenvalue weighted by Gasteiger charge is -2.34. The van der Waals surface area contributed by atoms with Crippen LogP contribution in [0.2, 0.25) is 0 Å². The first-order valence-electron chi connectivity index (χ1n) is 6.69. The van der Waals surface area contributed by atoms with Gasteiger partial charge in [0.2, 0.25) is 5.91 Å². The first-order valence-corrected chi connectivity index (χ1v) is 7.48. The molecule has 1 aliphatic rings. The van der Waals surface area contributed by atoms with E-state index in [1.165, 1.54) is 6.07 Å². The second-order valence-electron chi connectivity index (χ2n) is 4.84. The van der Waals surface area contributed by atoms with Crippen molar-refractivity contribution in [1.82, 2.24) is 15.1 Å². The molecule has 1 aromatic rings. The standard InChI is InChI=1S/C14H17BrFN3O2/c1-17-12(20)9-18-5-7-19(8-6-18)14(21)13-10(15)3-2-4-11(13)16/h2-4H,5-9H2,1H3,(H,17,20). The monoisotopic (exact) mass is 357 g/mol. The average Bonchev–Trinajstić information content (AvgIpc) is 2.47. The van der Waals surface area contributed by atoms with E-state index in [0.29, 0.717) is 37.2 Å². The van der Waals surface area contributed by atoms with Crippen molar-refractivity contribution in [2.45, 2.75) is 0 Å². The second-order valence-corrected chi connectivity index (χ2v) is 5.69. The maximum atomic E-state index is 13.8. The number of rotatable bonds is 3. The highest BCUT2D eigenvalue weighted by atomic mass is 79.9. The molecule has 1 fully saturated rings. The molecular weight excluding hydrogens is 341 g/mol. The molecule has 1 aliphatic heterocycles. The molecule has 0 bridgehead atoms. The Hall–Kier alpha value is -1.47. The first kappa shape index (κ1) is 15.9. The zero-order valence-electron chi connectivity index (χ0n) is 11.7. The number of carbonyl (C=O) groups excluding carboxylic acids is 2. The van der Waals surface area contributed by atoms with Crippen molar-refractivity contribution in [3.8, 4) is 0 Å². The number of nitrogens with zero attached hydrogens (tertiary/aromatic N) is 2. The molecule has 1 aromatic carbocycles. The molecule has 2 rings (SSSR count). The minimum absolute atomic E-state index is 0.0494. The molecule has 0 radical (unpaired) electrons. The van der Waals surface area contributed by atoms with E-state index in [2.05, 4.69) is 21.2 Å². The molecule has 0 spiro atoms. The van der Waals surface area contributed by atoms with Crippen molar-refractivity contribution >= 4 is 27.7 Å². The summed E-state index contributed by atoms with van der Waals surface area (Å²) in [6.07, 6.45) is 0. The highest BCUT2D eigenvalue weighted by Crippen LogP contribution is 2.22. The summed E-state index contributed by atoms with van der Waals surface area (Å²) in [5.41, 5.74) is 0.0669. The lowest BCUT2D eigenvalue weighted by atomic mass is 10.1. The maximum Gasteiger partial charge on any atom is 0.258 e. The van der Waals surface area contributed by atoms with Crippen LogP contribution >= 0.6 is 15.9 Å². The van der Waals surface area contributed by atoms with Crippen molar-refractivity contribution in [2.24, 2.45) is 0 Å².